The predicted molar refractivity (Wildman–Crippen MR) is 129 cm³/mol. The smallest absolute Gasteiger partial charge is 0.253 e. The number of aliphatic hydroxyl groups excluding tert-OH is 1. The maximum absolute atomic E-state index is 12.8. The van der Waals surface area contributed by atoms with Crippen LogP contribution in [0, 0.1) is 13.8 Å². The zero-order valence-corrected chi connectivity index (χ0v) is 19.4. The topological polar surface area (TPSA) is 80.8 Å². The number of ether oxygens (including phenoxy) is 1. The van der Waals surface area contributed by atoms with Crippen LogP contribution < -0.4 is 10.9 Å². The second-order valence-corrected chi connectivity index (χ2v) is 8.52. The summed E-state index contributed by atoms with van der Waals surface area (Å²) < 4.78 is 5.39. The summed E-state index contributed by atoms with van der Waals surface area (Å²) in [6.07, 6.45) is 1.59. The highest BCUT2D eigenvalue weighted by Gasteiger charge is 2.14. The molecule has 3 rings (SSSR count). The first-order valence-corrected chi connectivity index (χ1v) is 11.5. The van der Waals surface area contributed by atoms with Crippen LogP contribution in [-0.2, 0) is 11.3 Å². The molecule has 170 valence electrons. The van der Waals surface area contributed by atoms with Crippen LogP contribution in [0.4, 0.5) is 0 Å². The molecule has 1 fully saturated rings. The number of nitrogens with one attached hydrogen (secondary N) is 2. The number of aromatic nitrogens is 1. The van der Waals surface area contributed by atoms with Gasteiger partial charge in [-0.2, -0.15) is 0 Å². The number of nitrogens with zero attached hydrogens (tertiary/aromatic N) is 2. The van der Waals surface area contributed by atoms with E-state index < -0.39 is 0 Å². The standard InChI is InChI=1S/C23H34N4O3S/c1-17-5-6-19-15-20(22(29)25-21(19)18(17)2)16-27(9-4-12-28)23(31)24-7-3-8-26-10-13-30-14-11-26/h5-6,15,28H,3-4,7-14,16H2,1-2H3,(H,24,31)(H,25,29). The van der Waals surface area contributed by atoms with Crippen molar-refractivity contribution >= 4 is 28.2 Å². The number of aryl methyl sites for hydroxylation is 2. The van der Waals surface area contributed by atoms with Gasteiger partial charge in [-0.3, -0.25) is 9.69 Å². The summed E-state index contributed by atoms with van der Waals surface area (Å²) in [6.45, 7) is 10.5. The van der Waals surface area contributed by atoms with E-state index in [0.29, 0.717) is 30.2 Å². The first kappa shape index (κ1) is 23.7. The number of rotatable bonds is 9. The number of pyridine rings is 1. The maximum atomic E-state index is 12.8. The Morgan fingerprint density at radius 2 is 2.06 bits per heavy atom. The molecule has 2 aromatic rings. The van der Waals surface area contributed by atoms with Crippen LogP contribution in [0.15, 0.2) is 23.0 Å². The molecule has 1 aromatic carbocycles. The van der Waals surface area contributed by atoms with E-state index in [9.17, 15) is 9.90 Å². The Labute approximate surface area is 189 Å². The molecule has 0 aliphatic carbocycles. The number of benzene rings is 1. The summed E-state index contributed by atoms with van der Waals surface area (Å²) in [5, 5.41) is 14.3. The van der Waals surface area contributed by atoms with E-state index in [-0.39, 0.29) is 12.2 Å². The number of fused-ring (bicyclic) bond motifs is 1. The monoisotopic (exact) mass is 446 g/mol. The Hall–Kier alpha value is -2.00. The normalized spacial score (nSPS) is 14.7. The quantitative estimate of drug-likeness (QED) is 0.401. The van der Waals surface area contributed by atoms with E-state index in [0.717, 1.165) is 67.8 Å². The SMILES string of the molecule is Cc1ccc2cc(CN(CCCO)C(=S)NCCCN3CCOCC3)c(=O)[nH]c2c1C. The molecule has 0 bridgehead atoms. The van der Waals surface area contributed by atoms with Crippen molar-refractivity contribution in [2.45, 2.75) is 33.2 Å². The number of thiocarbonyl (C=S) groups is 1. The number of aliphatic hydroxyl groups is 1. The molecule has 0 amide bonds. The highest BCUT2D eigenvalue weighted by Crippen LogP contribution is 2.19. The molecule has 0 saturated carbocycles. The van der Waals surface area contributed by atoms with E-state index >= 15 is 0 Å². The van der Waals surface area contributed by atoms with Gasteiger partial charge in [0.25, 0.3) is 5.56 Å². The Morgan fingerprint density at radius 3 is 2.81 bits per heavy atom. The summed E-state index contributed by atoms with van der Waals surface area (Å²) in [5.74, 6) is 0. The van der Waals surface area contributed by atoms with Gasteiger partial charge in [-0.25, -0.2) is 0 Å². The Kier molecular flexibility index (Phi) is 8.83. The minimum Gasteiger partial charge on any atom is -0.396 e. The highest BCUT2D eigenvalue weighted by molar-refractivity contribution is 7.80. The fourth-order valence-corrected chi connectivity index (χ4v) is 4.10. The largest absolute Gasteiger partial charge is 0.396 e. The lowest BCUT2D eigenvalue weighted by atomic mass is 10.0. The summed E-state index contributed by atoms with van der Waals surface area (Å²) in [4.78, 5) is 20.2. The van der Waals surface area contributed by atoms with Gasteiger partial charge in [0, 0.05) is 38.3 Å². The van der Waals surface area contributed by atoms with Crippen LogP contribution >= 0.6 is 12.2 Å². The summed E-state index contributed by atoms with van der Waals surface area (Å²) in [5.41, 5.74) is 3.72. The van der Waals surface area contributed by atoms with E-state index in [1.54, 1.807) is 0 Å². The second-order valence-electron chi connectivity index (χ2n) is 8.13. The van der Waals surface area contributed by atoms with Gasteiger partial charge < -0.3 is 25.0 Å². The van der Waals surface area contributed by atoms with Gasteiger partial charge in [-0.1, -0.05) is 12.1 Å². The summed E-state index contributed by atoms with van der Waals surface area (Å²) >= 11 is 5.62. The van der Waals surface area contributed by atoms with Crippen LogP contribution in [0.25, 0.3) is 10.9 Å². The van der Waals surface area contributed by atoms with Gasteiger partial charge in [0.15, 0.2) is 5.11 Å². The number of aromatic amines is 1. The Morgan fingerprint density at radius 1 is 1.29 bits per heavy atom. The van der Waals surface area contributed by atoms with Gasteiger partial charge >= 0.3 is 0 Å². The van der Waals surface area contributed by atoms with Crippen LogP contribution in [0.5, 0.6) is 0 Å². The molecular formula is C23H34N4O3S. The zero-order chi connectivity index (χ0) is 22.2. The van der Waals surface area contributed by atoms with Crippen molar-refractivity contribution in [2.24, 2.45) is 0 Å². The van der Waals surface area contributed by atoms with Gasteiger partial charge in [0.05, 0.1) is 25.3 Å². The third-order valence-corrected chi connectivity index (χ3v) is 6.30. The molecule has 3 N–H and O–H groups in total. The second kappa shape index (κ2) is 11.6. The Balaban J connectivity index is 1.63. The minimum absolute atomic E-state index is 0.0860. The molecule has 0 spiro atoms. The first-order valence-electron chi connectivity index (χ1n) is 11.1. The lowest BCUT2D eigenvalue weighted by Crippen LogP contribution is -2.42. The van der Waals surface area contributed by atoms with E-state index in [4.69, 9.17) is 17.0 Å². The molecule has 1 aromatic heterocycles. The van der Waals surface area contributed by atoms with Crippen molar-refractivity contribution in [1.29, 1.82) is 0 Å². The van der Waals surface area contributed by atoms with E-state index in [2.05, 4.69) is 21.3 Å². The molecule has 31 heavy (non-hydrogen) atoms. The van der Waals surface area contributed by atoms with Crippen LogP contribution in [0.2, 0.25) is 0 Å². The highest BCUT2D eigenvalue weighted by atomic mass is 32.1. The fourth-order valence-electron chi connectivity index (χ4n) is 3.84. The molecule has 1 aliphatic heterocycles. The summed E-state index contributed by atoms with van der Waals surface area (Å²) in [6, 6.07) is 6.06. The van der Waals surface area contributed by atoms with Crippen LogP contribution in [0.1, 0.15) is 29.5 Å². The molecule has 8 heteroatoms. The minimum atomic E-state index is -0.0923. The third-order valence-electron chi connectivity index (χ3n) is 5.89. The lowest BCUT2D eigenvalue weighted by Gasteiger charge is -2.28. The molecule has 0 unspecified atom stereocenters. The van der Waals surface area contributed by atoms with Gasteiger partial charge in [-0.15, -0.1) is 0 Å². The van der Waals surface area contributed by atoms with E-state index in [1.807, 2.05) is 30.9 Å². The van der Waals surface area contributed by atoms with E-state index in [1.165, 1.54) is 0 Å². The van der Waals surface area contributed by atoms with Crippen LogP contribution in [-0.4, -0.2) is 77.5 Å². The average Bonchev–Trinajstić information content (AvgIpc) is 2.78. The average molecular weight is 447 g/mol. The number of morpholine rings is 1. The molecule has 1 saturated heterocycles. The van der Waals surface area contributed by atoms with Crippen molar-refractivity contribution < 1.29 is 9.84 Å². The third kappa shape index (κ3) is 6.49. The Bertz CT molecular complexity index is 940. The number of H-pyrrole nitrogens is 1. The van der Waals surface area contributed by atoms with Gasteiger partial charge in [0.1, 0.15) is 0 Å². The molecule has 0 atom stereocenters. The predicted octanol–water partition coefficient (Wildman–Crippen LogP) is 1.93. The zero-order valence-electron chi connectivity index (χ0n) is 18.6. The van der Waals surface area contributed by atoms with Gasteiger partial charge in [0.2, 0.25) is 0 Å². The lowest BCUT2D eigenvalue weighted by molar-refractivity contribution is 0.0376. The van der Waals surface area contributed by atoms with Crippen LogP contribution in [0.3, 0.4) is 0 Å². The number of hydrogen-bond donors (Lipinski definition) is 3. The van der Waals surface area contributed by atoms with Gasteiger partial charge in [-0.05, 0) is 68.0 Å². The molecule has 0 radical (unpaired) electrons. The maximum Gasteiger partial charge on any atom is 0.253 e. The van der Waals surface area contributed by atoms with Crippen molar-refractivity contribution in [1.82, 2.24) is 20.1 Å². The van der Waals surface area contributed by atoms with Crippen molar-refractivity contribution in [3.63, 3.8) is 0 Å². The van der Waals surface area contributed by atoms with Crippen molar-refractivity contribution in [2.75, 3.05) is 52.5 Å². The van der Waals surface area contributed by atoms with Crippen molar-refractivity contribution in [3.8, 4) is 0 Å². The van der Waals surface area contributed by atoms with Crippen molar-refractivity contribution in [3.05, 3.63) is 45.2 Å². The molecular weight excluding hydrogens is 412 g/mol. The number of hydrogen-bond acceptors (Lipinski definition) is 5. The molecule has 2 heterocycles. The fraction of sp³-hybridized carbons (Fsp3) is 0.565. The molecule has 1 aliphatic rings. The summed E-state index contributed by atoms with van der Waals surface area (Å²) in [7, 11) is 0. The molecule has 7 nitrogen and oxygen atoms in total. The first-order chi connectivity index (χ1) is 15.0.